The van der Waals surface area contributed by atoms with Crippen LogP contribution in [0.3, 0.4) is 0 Å². The fourth-order valence-electron chi connectivity index (χ4n) is 3.63. The van der Waals surface area contributed by atoms with Crippen molar-refractivity contribution in [2.75, 3.05) is 5.32 Å². The number of rotatable bonds is 4. The van der Waals surface area contributed by atoms with Gasteiger partial charge >= 0.3 is 5.69 Å². The van der Waals surface area contributed by atoms with Gasteiger partial charge in [0.25, 0.3) is 5.56 Å². The van der Waals surface area contributed by atoms with Crippen molar-refractivity contribution in [1.82, 2.24) is 13.7 Å². The number of halogens is 1. The third-order valence-electron chi connectivity index (χ3n) is 5.28. The van der Waals surface area contributed by atoms with Crippen LogP contribution >= 0.6 is 0 Å². The molecule has 7 nitrogen and oxygen atoms in total. The lowest BCUT2D eigenvalue weighted by Crippen LogP contribution is -2.41. The molecule has 0 saturated carbocycles. The number of hydrogen-bond donors (Lipinski definition) is 1. The number of carbonyl (C=O) groups excluding carboxylic acids is 1. The Hall–Kier alpha value is -3.94. The zero-order chi connectivity index (χ0) is 22.3. The summed E-state index contributed by atoms with van der Waals surface area (Å²) in [4.78, 5) is 39.3. The van der Waals surface area contributed by atoms with Crippen LogP contribution in [-0.4, -0.2) is 19.6 Å². The zero-order valence-corrected chi connectivity index (χ0v) is 17.3. The topological polar surface area (TPSA) is 78.0 Å². The van der Waals surface area contributed by atoms with Crippen molar-refractivity contribution in [1.29, 1.82) is 0 Å². The number of aryl methyl sites for hydroxylation is 3. The molecule has 0 aliphatic heterocycles. The largest absolute Gasteiger partial charge is 0.342 e. The van der Waals surface area contributed by atoms with Crippen LogP contribution in [0.15, 0.2) is 64.2 Å². The molecule has 0 aliphatic rings. The van der Waals surface area contributed by atoms with Crippen molar-refractivity contribution in [2.24, 2.45) is 7.05 Å². The lowest BCUT2D eigenvalue weighted by Gasteiger charge is -2.13. The minimum Gasteiger partial charge on any atom is -0.342 e. The Bertz CT molecular complexity index is 1450. The Balaban J connectivity index is 1.89. The van der Waals surface area contributed by atoms with Crippen LogP contribution in [0.25, 0.3) is 16.7 Å². The number of amides is 1. The fourth-order valence-corrected chi connectivity index (χ4v) is 3.63. The number of fused-ring (bicyclic) bond motifs is 1. The Morgan fingerprint density at radius 3 is 2.48 bits per heavy atom. The summed E-state index contributed by atoms with van der Waals surface area (Å²) in [5, 5.41) is 2.49. The zero-order valence-electron chi connectivity index (χ0n) is 17.3. The van der Waals surface area contributed by atoms with E-state index in [0.29, 0.717) is 16.7 Å². The Labute approximate surface area is 177 Å². The maximum atomic E-state index is 13.9. The van der Waals surface area contributed by atoms with Gasteiger partial charge in [0.2, 0.25) is 5.91 Å². The smallest absolute Gasteiger partial charge is 0.336 e. The van der Waals surface area contributed by atoms with Crippen molar-refractivity contribution in [3.05, 3.63) is 92.5 Å². The highest BCUT2D eigenvalue weighted by Crippen LogP contribution is 2.16. The molecule has 0 aliphatic carbocycles. The van der Waals surface area contributed by atoms with Gasteiger partial charge in [-0.1, -0.05) is 24.3 Å². The van der Waals surface area contributed by atoms with Crippen LogP contribution in [0.4, 0.5) is 10.1 Å². The third kappa shape index (κ3) is 3.56. The number of carbonyl (C=O) groups is 1. The molecule has 158 valence electrons. The van der Waals surface area contributed by atoms with Crippen molar-refractivity contribution < 1.29 is 9.18 Å². The molecule has 0 spiro atoms. The number of nitrogens with zero attached hydrogens (tertiary/aromatic N) is 3. The summed E-state index contributed by atoms with van der Waals surface area (Å²) in [6.07, 6.45) is 0. The maximum absolute atomic E-state index is 13.9. The van der Waals surface area contributed by atoms with Gasteiger partial charge in [-0.15, -0.1) is 0 Å². The Morgan fingerprint density at radius 2 is 1.77 bits per heavy atom. The summed E-state index contributed by atoms with van der Waals surface area (Å²) < 4.78 is 17.9. The lowest BCUT2D eigenvalue weighted by atomic mass is 10.2. The summed E-state index contributed by atoms with van der Waals surface area (Å²) in [7, 11) is 1.73. The molecule has 1 amide bonds. The lowest BCUT2D eigenvalue weighted by molar-refractivity contribution is -0.116. The Kier molecular flexibility index (Phi) is 5.06. The van der Waals surface area contributed by atoms with E-state index in [1.807, 2.05) is 19.9 Å². The molecule has 1 N–H and O–H groups in total. The monoisotopic (exact) mass is 420 g/mol. The number of benzene rings is 2. The van der Waals surface area contributed by atoms with E-state index in [0.717, 1.165) is 15.8 Å². The second-order valence-electron chi connectivity index (χ2n) is 7.45. The van der Waals surface area contributed by atoms with E-state index in [1.54, 1.807) is 41.9 Å². The summed E-state index contributed by atoms with van der Waals surface area (Å²) in [6, 6.07) is 14.5. The SMILES string of the molecule is Cc1cccc(-n2c(=O)c3c(cc(C)n3C)n(CC(=O)Nc3ccccc3F)c2=O)c1. The fraction of sp³-hybridized carbons (Fsp3) is 0.174. The molecular formula is C23H21FN4O3. The van der Waals surface area contributed by atoms with Crippen LogP contribution in [0, 0.1) is 19.7 Å². The van der Waals surface area contributed by atoms with Gasteiger partial charge in [-0.25, -0.2) is 13.8 Å². The van der Waals surface area contributed by atoms with Gasteiger partial charge < -0.3 is 9.88 Å². The van der Waals surface area contributed by atoms with Gasteiger partial charge in [0.15, 0.2) is 0 Å². The molecule has 2 aromatic carbocycles. The van der Waals surface area contributed by atoms with Gasteiger partial charge in [-0.2, -0.15) is 0 Å². The molecule has 0 saturated heterocycles. The molecule has 31 heavy (non-hydrogen) atoms. The standard InChI is InChI=1S/C23H21FN4O3/c1-14-7-6-8-16(11-14)28-22(30)21-19(12-15(2)26(21)3)27(23(28)31)13-20(29)25-18-10-5-4-9-17(18)24/h4-12H,13H2,1-3H3,(H,25,29). The van der Waals surface area contributed by atoms with Gasteiger partial charge in [0, 0.05) is 12.7 Å². The first-order valence-corrected chi connectivity index (χ1v) is 9.71. The number of aromatic nitrogens is 3. The second kappa shape index (κ2) is 7.71. The van der Waals surface area contributed by atoms with E-state index in [-0.39, 0.29) is 12.2 Å². The normalized spacial score (nSPS) is 11.1. The molecule has 2 heterocycles. The molecule has 0 fully saturated rings. The average Bonchev–Trinajstić information content (AvgIpc) is 3.02. The maximum Gasteiger partial charge on any atom is 0.336 e. The van der Waals surface area contributed by atoms with Crippen LogP contribution in [0.5, 0.6) is 0 Å². The first kappa shape index (κ1) is 20.3. The average molecular weight is 420 g/mol. The molecular weight excluding hydrogens is 399 g/mol. The van der Waals surface area contributed by atoms with Gasteiger partial charge in [-0.05, 0) is 49.7 Å². The molecule has 0 unspecified atom stereocenters. The minimum absolute atomic E-state index is 0.0213. The molecule has 0 atom stereocenters. The van der Waals surface area contributed by atoms with Crippen molar-refractivity contribution in [2.45, 2.75) is 20.4 Å². The van der Waals surface area contributed by atoms with Crippen molar-refractivity contribution >= 4 is 22.6 Å². The molecule has 0 bridgehead atoms. The third-order valence-corrected chi connectivity index (χ3v) is 5.28. The van der Waals surface area contributed by atoms with E-state index in [2.05, 4.69) is 5.32 Å². The van der Waals surface area contributed by atoms with Gasteiger partial charge in [-0.3, -0.25) is 14.2 Å². The van der Waals surface area contributed by atoms with Crippen LogP contribution in [0.2, 0.25) is 0 Å². The molecule has 0 radical (unpaired) electrons. The van der Waals surface area contributed by atoms with E-state index in [9.17, 15) is 18.8 Å². The van der Waals surface area contributed by atoms with Crippen LogP contribution < -0.4 is 16.6 Å². The predicted octanol–water partition coefficient (Wildman–Crippen LogP) is 2.89. The molecule has 8 heteroatoms. The number of para-hydroxylation sites is 1. The number of hydrogen-bond acceptors (Lipinski definition) is 3. The van der Waals surface area contributed by atoms with E-state index >= 15 is 0 Å². The number of anilines is 1. The van der Waals surface area contributed by atoms with E-state index in [1.165, 1.54) is 22.8 Å². The number of nitrogens with one attached hydrogen (secondary N) is 1. The molecule has 4 rings (SSSR count). The summed E-state index contributed by atoms with van der Waals surface area (Å²) in [5.74, 6) is -1.15. The van der Waals surface area contributed by atoms with Gasteiger partial charge in [0.1, 0.15) is 17.9 Å². The second-order valence-corrected chi connectivity index (χ2v) is 7.45. The summed E-state index contributed by atoms with van der Waals surface area (Å²) in [5.41, 5.74) is 1.63. The first-order valence-electron chi connectivity index (χ1n) is 9.71. The predicted molar refractivity (Wildman–Crippen MR) is 117 cm³/mol. The quantitative estimate of drug-likeness (QED) is 0.552. The minimum atomic E-state index is -0.641. The highest BCUT2D eigenvalue weighted by Gasteiger charge is 2.20. The summed E-state index contributed by atoms with van der Waals surface area (Å²) >= 11 is 0. The Morgan fingerprint density at radius 1 is 1.03 bits per heavy atom. The highest BCUT2D eigenvalue weighted by molar-refractivity contribution is 5.91. The van der Waals surface area contributed by atoms with Crippen LogP contribution in [-0.2, 0) is 18.4 Å². The van der Waals surface area contributed by atoms with Gasteiger partial charge in [0.05, 0.1) is 16.9 Å². The highest BCUT2D eigenvalue weighted by atomic mass is 19.1. The first-order chi connectivity index (χ1) is 14.8. The molecule has 4 aromatic rings. The van der Waals surface area contributed by atoms with Crippen LogP contribution in [0.1, 0.15) is 11.3 Å². The summed E-state index contributed by atoms with van der Waals surface area (Å²) in [6.45, 7) is 3.30. The van der Waals surface area contributed by atoms with Crippen molar-refractivity contribution in [3.63, 3.8) is 0 Å². The molecule has 2 aromatic heterocycles. The van der Waals surface area contributed by atoms with Crippen molar-refractivity contribution in [3.8, 4) is 5.69 Å². The van der Waals surface area contributed by atoms with E-state index < -0.39 is 23.0 Å². The van der Waals surface area contributed by atoms with E-state index in [4.69, 9.17) is 0 Å².